The van der Waals surface area contributed by atoms with Gasteiger partial charge in [0.05, 0.1) is 37.5 Å². The molecule has 150 valence electrons. The maximum absolute atomic E-state index is 12.8. The van der Waals surface area contributed by atoms with E-state index in [-0.39, 0.29) is 29.1 Å². The Kier molecular flexibility index (Phi) is 4.78. The molecule has 1 aromatic heterocycles. The molecule has 1 aliphatic carbocycles. The Morgan fingerprint density at radius 3 is 2.57 bits per heavy atom. The highest BCUT2D eigenvalue weighted by atomic mass is 32.2. The van der Waals surface area contributed by atoms with Crippen LogP contribution in [0.1, 0.15) is 47.4 Å². The van der Waals surface area contributed by atoms with E-state index in [2.05, 4.69) is 10.4 Å². The Balaban J connectivity index is 1.59. The highest BCUT2D eigenvalue weighted by Gasteiger charge is 2.36. The van der Waals surface area contributed by atoms with E-state index >= 15 is 0 Å². The molecule has 28 heavy (non-hydrogen) atoms. The first-order valence-electron chi connectivity index (χ1n) is 9.23. The van der Waals surface area contributed by atoms with Crippen molar-refractivity contribution in [2.45, 2.75) is 31.2 Å². The zero-order valence-electron chi connectivity index (χ0n) is 15.8. The van der Waals surface area contributed by atoms with Gasteiger partial charge in [-0.15, -0.1) is 0 Å². The van der Waals surface area contributed by atoms with Crippen LogP contribution in [0.5, 0.6) is 11.5 Å². The zero-order chi connectivity index (χ0) is 19.9. The Hall–Kier alpha value is -2.55. The Morgan fingerprint density at radius 2 is 1.96 bits per heavy atom. The predicted octanol–water partition coefficient (Wildman–Crippen LogP) is 2.39. The third-order valence-corrected chi connectivity index (χ3v) is 6.95. The molecule has 1 unspecified atom stereocenters. The molecule has 1 aromatic carbocycles. The number of rotatable bonds is 6. The van der Waals surface area contributed by atoms with E-state index in [9.17, 15) is 13.2 Å². The lowest BCUT2D eigenvalue weighted by molar-refractivity contribution is 0.102. The summed E-state index contributed by atoms with van der Waals surface area (Å²) in [6.45, 7) is 0. The van der Waals surface area contributed by atoms with Crippen molar-refractivity contribution in [2.75, 3.05) is 31.0 Å². The number of methoxy groups -OCH3 is 2. The summed E-state index contributed by atoms with van der Waals surface area (Å²) >= 11 is 0. The molecule has 9 heteroatoms. The van der Waals surface area contributed by atoms with Crippen LogP contribution in [0, 0.1) is 0 Å². The van der Waals surface area contributed by atoms with E-state index in [1.54, 1.807) is 36.1 Å². The standard InChI is InChI=1S/C19H23N3O5S/c1-26-14-5-6-15(18(9-14)27-2)20-19(23)16-10-17(12-3-4-12)22(21-16)13-7-8-28(24,25)11-13/h5-6,9-10,12-13H,3-4,7-8,11H2,1-2H3,(H,20,23). The van der Waals surface area contributed by atoms with Gasteiger partial charge < -0.3 is 14.8 Å². The van der Waals surface area contributed by atoms with Crippen LogP contribution in [-0.4, -0.2) is 49.8 Å². The van der Waals surface area contributed by atoms with Crippen molar-refractivity contribution < 1.29 is 22.7 Å². The van der Waals surface area contributed by atoms with Crippen molar-refractivity contribution >= 4 is 21.4 Å². The smallest absolute Gasteiger partial charge is 0.276 e. The van der Waals surface area contributed by atoms with Crippen LogP contribution < -0.4 is 14.8 Å². The number of amides is 1. The zero-order valence-corrected chi connectivity index (χ0v) is 16.7. The maximum atomic E-state index is 12.8. The minimum absolute atomic E-state index is 0.0851. The maximum Gasteiger partial charge on any atom is 0.276 e. The summed E-state index contributed by atoms with van der Waals surface area (Å²) in [5, 5.41) is 7.30. The molecule has 1 amide bonds. The second-order valence-corrected chi connectivity index (χ2v) is 9.48. The van der Waals surface area contributed by atoms with E-state index in [0.717, 1.165) is 18.5 Å². The number of carbonyl (C=O) groups is 1. The Bertz CT molecular complexity index is 1010. The summed E-state index contributed by atoms with van der Waals surface area (Å²) in [5.41, 5.74) is 1.75. The van der Waals surface area contributed by atoms with Gasteiger partial charge >= 0.3 is 0 Å². The summed E-state index contributed by atoms with van der Waals surface area (Å²) in [4.78, 5) is 12.8. The minimum Gasteiger partial charge on any atom is -0.497 e. The van der Waals surface area contributed by atoms with Gasteiger partial charge in [-0.1, -0.05) is 0 Å². The fourth-order valence-electron chi connectivity index (χ4n) is 3.55. The molecular weight excluding hydrogens is 382 g/mol. The molecule has 2 aromatic rings. The van der Waals surface area contributed by atoms with Crippen molar-refractivity contribution in [3.63, 3.8) is 0 Å². The molecule has 0 radical (unpaired) electrons. The molecule has 1 N–H and O–H groups in total. The van der Waals surface area contributed by atoms with Gasteiger partial charge in [0.25, 0.3) is 5.91 Å². The van der Waals surface area contributed by atoms with Gasteiger partial charge in [-0.05, 0) is 37.5 Å². The SMILES string of the molecule is COc1ccc(NC(=O)c2cc(C3CC3)n(C3CCS(=O)(=O)C3)n2)c(OC)c1. The van der Waals surface area contributed by atoms with Crippen LogP contribution in [0.3, 0.4) is 0 Å². The van der Waals surface area contributed by atoms with Gasteiger partial charge in [0.15, 0.2) is 15.5 Å². The first-order valence-corrected chi connectivity index (χ1v) is 11.1. The van der Waals surface area contributed by atoms with Crippen LogP contribution >= 0.6 is 0 Å². The lowest BCUT2D eigenvalue weighted by atomic mass is 10.2. The molecule has 2 heterocycles. The summed E-state index contributed by atoms with van der Waals surface area (Å²) in [6, 6.07) is 6.71. The summed E-state index contributed by atoms with van der Waals surface area (Å²) < 4.78 is 36.0. The monoisotopic (exact) mass is 405 g/mol. The van der Waals surface area contributed by atoms with Crippen LogP contribution in [-0.2, 0) is 9.84 Å². The Labute approximate surface area is 163 Å². The molecule has 1 saturated heterocycles. The second-order valence-electron chi connectivity index (χ2n) is 7.25. The lowest BCUT2D eigenvalue weighted by Crippen LogP contribution is -2.17. The quantitative estimate of drug-likeness (QED) is 0.792. The fraction of sp³-hybridized carbons (Fsp3) is 0.474. The normalized spacial score (nSPS) is 20.7. The molecule has 4 rings (SSSR count). The molecule has 8 nitrogen and oxygen atoms in total. The number of carbonyl (C=O) groups excluding carboxylic acids is 1. The Morgan fingerprint density at radius 1 is 1.18 bits per heavy atom. The van der Waals surface area contributed by atoms with Gasteiger partial charge in [-0.2, -0.15) is 5.10 Å². The molecule has 1 atom stereocenters. The number of benzene rings is 1. The molecular formula is C19H23N3O5S. The molecule has 2 aliphatic rings. The number of anilines is 1. The molecule has 1 saturated carbocycles. The van der Waals surface area contributed by atoms with Gasteiger partial charge in [0.1, 0.15) is 11.5 Å². The highest BCUT2D eigenvalue weighted by Crippen LogP contribution is 2.42. The third kappa shape index (κ3) is 3.71. The average molecular weight is 405 g/mol. The molecule has 0 spiro atoms. The van der Waals surface area contributed by atoms with Crippen molar-refractivity contribution in [1.82, 2.24) is 9.78 Å². The van der Waals surface area contributed by atoms with Crippen molar-refractivity contribution in [2.24, 2.45) is 0 Å². The molecule has 1 aliphatic heterocycles. The number of ether oxygens (including phenoxy) is 2. The van der Waals surface area contributed by atoms with Gasteiger partial charge in [-0.25, -0.2) is 8.42 Å². The number of aromatic nitrogens is 2. The van der Waals surface area contributed by atoms with Crippen LogP contribution in [0.25, 0.3) is 0 Å². The number of hydrogen-bond donors (Lipinski definition) is 1. The van der Waals surface area contributed by atoms with Gasteiger partial charge in [-0.3, -0.25) is 9.48 Å². The second kappa shape index (κ2) is 7.12. The summed E-state index contributed by atoms with van der Waals surface area (Å²) in [5.74, 6) is 1.36. The van der Waals surface area contributed by atoms with Crippen LogP contribution in [0.4, 0.5) is 5.69 Å². The summed E-state index contributed by atoms with van der Waals surface area (Å²) in [6.07, 6.45) is 2.62. The third-order valence-electron chi connectivity index (χ3n) is 5.20. The van der Waals surface area contributed by atoms with Gasteiger partial charge in [0, 0.05) is 17.7 Å². The predicted molar refractivity (Wildman–Crippen MR) is 104 cm³/mol. The largest absolute Gasteiger partial charge is 0.497 e. The highest BCUT2D eigenvalue weighted by molar-refractivity contribution is 7.91. The first kappa shape index (κ1) is 18.8. The molecule has 0 bridgehead atoms. The summed E-state index contributed by atoms with van der Waals surface area (Å²) in [7, 11) is 0.0460. The topological polar surface area (TPSA) is 99.5 Å². The van der Waals surface area contributed by atoms with E-state index in [1.165, 1.54) is 7.11 Å². The van der Waals surface area contributed by atoms with Crippen LogP contribution in [0.15, 0.2) is 24.3 Å². The average Bonchev–Trinajstić information content (AvgIpc) is 3.32. The minimum atomic E-state index is -3.03. The fourth-order valence-corrected chi connectivity index (χ4v) is 5.24. The lowest BCUT2D eigenvalue weighted by Gasteiger charge is -2.12. The van der Waals surface area contributed by atoms with E-state index in [1.807, 2.05) is 0 Å². The van der Waals surface area contributed by atoms with Gasteiger partial charge in [0.2, 0.25) is 0 Å². The van der Waals surface area contributed by atoms with E-state index < -0.39 is 9.84 Å². The van der Waals surface area contributed by atoms with E-state index in [4.69, 9.17) is 9.47 Å². The van der Waals surface area contributed by atoms with Crippen molar-refractivity contribution in [3.8, 4) is 11.5 Å². The van der Waals surface area contributed by atoms with Crippen molar-refractivity contribution in [1.29, 1.82) is 0 Å². The van der Waals surface area contributed by atoms with E-state index in [0.29, 0.717) is 29.5 Å². The number of hydrogen-bond acceptors (Lipinski definition) is 6. The number of sulfone groups is 1. The number of nitrogens with zero attached hydrogens (tertiary/aromatic N) is 2. The first-order chi connectivity index (χ1) is 13.4. The number of nitrogens with one attached hydrogen (secondary N) is 1. The molecule has 2 fully saturated rings. The van der Waals surface area contributed by atoms with Crippen molar-refractivity contribution in [3.05, 3.63) is 35.7 Å². The van der Waals surface area contributed by atoms with Crippen LogP contribution in [0.2, 0.25) is 0 Å².